The maximum atomic E-state index is 3.48. The second-order valence-electron chi connectivity index (χ2n) is 3.69. The zero-order chi connectivity index (χ0) is 10.4. The Bertz CT molecular complexity index is 273. The predicted octanol–water partition coefficient (Wildman–Crippen LogP) is 3.38. The van der Waals surface area contributed by atoms with Gasteiger partial charge >= 0.3 is 0 Å². The van der Waals surface area contributed by atoms with Gasteiger partial charge in [-0.05, 0) is 44.0 Å². The molecule has 1 N–H and O–H groups in total. The Balaban J connectivity index is 2.43. The second kappa shape index (κ2) is 6.20. The summed E-state index contributed by atoms with van der Waals surface area (Å²) in [5, 5.41) is 3.48. The van der Waals surface area contributed by atoms with Gasteiger partial charge in [0.2, 0.25) is 0 Å². The third-order valence-corrected chi connectivity index (χ3v) is 2.67. The zero-order valence-electron chi connectivity index (χ0n) is 8.89. The van der Waals surface area contributed by atoms with E-state index in [9.17, 15) is 0 Å². The Hall–Kier alpha value is -0.340. The van der Waals surface area contributed by atoms with Gasteiger partial charge in [-0.25, -0.2) is 0 Å². The van der Waals surface area contributed by atoms with Gasteiger partial charge in [0, 0.05) is 10.5 Å². The lowest BCUT2D eigenvalue weighted by Crippen LogP contribution is -2.28. The van der Waals surface area contributed by atoms with E-state index in [1.807, 2.05) is 0 Å². The van der Waals surface area contributed by atoms with E-state index in [0.717, 1.165) is 17.4 Å². The molecule has 1 nitrogen and oxygen atoms in total. The van der Waals surface area contributed by atoms with E-state index < -0.39 is 0 Å². The summed E-state index contributed by atoms with van der Waals surface area (Å²) < 4.78 is 1.16. The maximum Gasteiger partial charge on any atom is 0.0178 e. The SMILES string of the molecule is CCCNC(C)Cc1cccc(Br)c1. The first-order valence-electron chi connectivity index (χ1n) is 5.20. The molecule has 1 aromatic rings. The average molecular weight is 256 g/mol. The fourth-order valence-electron chi connectivity index (χ4n) is 1.48. The van der Waals surface area contributed by atoms with E-state index in [4.69, 9.17) is 0 Å². The second-order valence-corrected chi connectivity index (χ2v) is 4.60. The summed E-state index contributed by atoms with van der Waals surface area (Å²) in [6.07, 6.45) is 2.29. The van der Waals surface area contributed by atoms with E-state index in [1.54, 1.807) is 0 Å². The molecule has 0 aliphatic heterocycles. The normalized spacial score (nSPS) is 12.8. The maximum absolute atomic E-state index is 3.48. The molecule has 0 spiro atoms. The molecule has 1 rings (SSSR count). The molecule has 2 heteroatoms. The minimum absolute atomic E-state index is 0.559. The van der Waals surface area contributed by atoms with Gasteiger partial charge in [-0.3, -0.25) is 0 Å². The molecule has 0 saturated carbocycles. The molecule has 1 aromatic carbocycles. The van der Waals surface area contributed by atoms with Crippen LogP contribution in [-0.4, -0.2) is 12.6 Å². The smallest absolute Gasteiger partial charge is 0.0178 e. The van der Waals surface area contributed by atoms with Crippen LogP contribution in [0, 0.1) is 0 Å². The summed E-state index contributed by atoms with van der Waals surface area (Å²) >= 11 is 3.48. The fourth-order valence-corrected chi connectivity index (χ4v) is 1.93. The quantitative estimate of drug-likeness (QED) is 0.851. The van der Waals surface area contributed by atoms with Crippen LogP contribution in [0.4, 0.5) is 0 Å². The van der Waals surface area contributed by atoms with Crippen molar-refractivity contribution in [1.82, 2.24) is 5.32 Å². The lowest BCUT2D eigenvalue weighted by atomic mass is 10.1. The minimum atomic E-state index is 0.559. The van der Waals surface area contributed by atoms with E-state index in [-0.39, 0.29) is 0 Å². The van der Waals surface area contributed by atoms with Gasteiger partial charge in [0.25, 0.3) is 0 Å². The Morgan fingerprint density at radius 2 is 2.21 bits per heavy atom. The van der Waals surface area contributed by atoms with Crippen molar-refractivity contribution in [3.05, 3.63) is 34.3 Å². The van der Waals surface area contributed by atoms with Crippen molar-refractivity contribution >= 4 is 15.9 Å². The fraction of sp³-hybridized carbons (Fsp3) is 0.500. The van der Waals surface area contributed by atoms with Crippen LogP contribution in [0.1, 0.15) is 25.8 Å². The topological polar surface area (TPSA) is 12.0 Å². The molecule has 14 heavy (non-hydrogen) atoms. The van der Waals surface area contributed by atoms with Crippen molar-refractivity contribution < 1.29 is 0 Å². The van der Waals surface area contributed by atoms with Crippen molar-refractivity contribution in [2.75, 3.05) is 6.54 Å². The first-order chi connectivity index (χ1) is 6.72. The highest BCUT2D eigenvalue weighted by molar-refractivity contribution is 9.10. The van der Waals surface area contributed by atoms with Crippen LogP contribution < -0.4 is 5.32 Å². The van der Waals surface area contributed by atoms with Crippen LogP contribution in [0.2, 0.25) is 0 Å². The number of halogens is 1. The van der Waals surface area contributed by atoms with E-state index in [1.165, 1.54) is 12.0 Å². The zero-order valence-corrected chi connectivity index (χ0v) is 10.5. The molecule has 0 fully saturated rings. The standard InChI is InChI=1S/C12H18BrN/c1-3-7-14-10(2)8-11-5-4-6-12(13)9-11/h4-6,9-10,14H,3,7-8H2,1-2H3. The molecule has 0 amide bonds. The molecule has 0 aliphatic carbocycles. The number of hydrogen-bond donors (Lipinski definition) is 1. The molecule has 0 radical (unpaired) electrons. The average Bonchev–Trinajstić information content (AvgIpc) is 2.15. The van der Waals surface area contributed by atoms with Gasteiger partial charge in [0.1, 0.15) is 0 Å². The van der Waals surface area contributed by atoms with Gasteiger partial charge in [0.05, 0.1) is 0 Å². The highest BCUT2D eigenvalue weighted by atomic mass is 79.9. The molecule has 0 bridgehead atoms. The molecule has 1 unspecified atom stereocenters. The predicted molar refractivity (Wildman–Crippen MR) is 65.6 cm³/mol. The van der Waals surface area contributed by atoms with Crippen molar-refractivity contribution in [2.45, 2.75) is 32.7 Å². The van der Waals surface area contributed by atoms with Crippen LogP contribution in [0.3, 0.4) is 0 Å². The van der Waals surface area contributed by atoms with E-state index >= 15 is 0 Å². The molecule has 0 aliphatic rings. The molecule has 0 heterocycles. The summed E-state index contributed by atoms with van der Waals surface area (Å²) in [7, 11) is 0. The van der Waals surface area contributed by atoms with Crippen LogP contribution in [-0.2, 0) is 6.42 Å². The molecule has 78 valence electrons. The Labute approximate surface area is 95.0 Å². The largest absolute Gasteiger partial charge is 0.314 e. The van der Waals surface area contributed by atoms with Crippen LogP contribution in [0.5, 0.6) is 0 Å². The minimum Gasteiger partial charge on any atom is -0.314 e. The highest BCUT2D eigenvalue weighted by Gasteiger charge is 2.01. The summed E-state index contributed by atoms with van der Waals surface area (Å²) in [6, 6.07) is 9.07. The van der Waals surface area contributed by atoms with Crippen molar-refractivity contribution in [3.63, 3.8) is 0 Å². The molecule has 0 aromatic heterocycles. The molecule has 1 atom stereocenters. The summed E-state index contributed by atoms with van der Waals surface area (Å²) in [5.74, 6) is 0. The first kappa shape index (κ1) is 11.7. The Morgan fingerprint density at radius 3 is 2.86 bits per heavy atom. The Kier molecular flexibility index (Phi) is 5.20. The van der Waals surface area contributed by atoms with Gasteiger partial charge < -0.3 is 5.32 Å². The van der Waals surface area contributed by atoms with Gasteiger partial charge in [-0.1, -0.05) is 35.0 Å². The number of rotatable bonds is 5. The summed E-state index contributed by atoms with van der Waals surface area (Å²) in [4.78, 5) is 0. The summed E-state index contributed by atoms with van der Waals surface area (Å²) in [5.41, 5.74) is 1.38. The van der Waals surface area contributed by atoms with E-state index in [2.05, 4.69) is 59.4 Å². The molecular weight excluding hydrogens is 238 g/mol. The van der Waals surface area contributed by atoms with Gasteiger partial charge in [0.15, 0.2) is 0 Å². The van der Waals surface area contributed by atoms with Crippen LogP contribution in [0.25, 0.3) is 0 Å². The van der Waals surface area contributed by atoms with Gasteiger partial charge in [-0.2, -0.15) is 0 Å². The lowest BCUT2D eigenvalue weighted by Gasteiger charge is -2.13. The number of nitrogens with one attached hydrogen (secondary N) is 1. The molecular formula is C12H18BrN. The van der Waals surface area contributed by atoms with Crippen LogP contribution in [0.15, 0.2) is 28.7 Å². The van der Waals surface area contributed by atoms with E-state index in [0.29, 0.717) is 6.04 Å². The first-order valence-corrected chi connectivity index (χ1v) is 5.99. The third-order valence-electron chi connectivity index (χ3n) is 2.17. The summed E-state index contributed by atoms with van der Waals surface area (Å²) in [6.45, 7) is 5.53. The van der Waals surface area contributed by atoms with Crippen molar-refractivity contribution in [1.29, 1.82) is 0 Å². The number of hydrogen-bond acceptors (Lipinski definition) is 1. The van der Waals surface area contributed by atoms with Crippen molar-refractivity contribution in [3.8, 4) is 0 Å². The molecule has 0 saturated heterocycles. The number of benzene rings is 1. The van der Waals surface area contributed by atoms with Crippen LogP contribution >= 0.6 is 15.9 Å². The third kappa shape index (κ3) is 4.25. The lowest BCUT2D eigenvalue weighted by molar-refractivity contribution is 0.543. The monoisotopic (exact) mass is 255 g/mol. The van der Waals surface area contributed by atoms with Crippen molar-refractivity contribution in [2.24, 2.45) is 0 Å². The Morgan fingerprint density at radius 1 is 1.43 bits per heavy atom. The van der Waals surface area contributed by atoms with Gasteiger partial charge in [-0.15, -0.1) is 0 Å². The highest BCUT2D eigenvalue weighted by Crippen LogP contribution is 2.12.